The molecular weight excluding hydrogens is 856 g/mol. The standard InChI is InChI=1S/C44H56F3N9O9/c1-2-6-36(40(58)54-29-57)56-41(59)34-8-5-9-35(38(34)42(56)60)50-16-18-62-20-22-64-24-23-63-21-19-61-17-15-49-33-13-11-30(12-14-33)26-51-39-32(25-48)28-53-43(55-39)52-27-31-7-3-4-10-37(31)65-44(45,46)47/h3-5,7-10,28-30,33,36,49-50H,2,6,11-24,26-27H2,1H3,(H,54,57,58)(H2,51,52,53,55). The lowest BCUT2D eigenvalue weighted by molar-refractivity contribution is -0.274. The second kappa shape index (κ2) is 26.1. The molecule has 352 valence electrons. The van der Waals surface area contributed by atoms with Crippen LogP contribution in [0.5, 0.6) is 5.75 Å². The number of anilines is 3. The number of para-hydroxylation sites is 1. The van der Waals surface area contributed by atoms with Gasteiger partial charge >= 0.3 is 6.36 Å². The molecule has 21 heteroatoms. The highest BCUT2D eigenvalue weighted by molar-refractivity contribution is 6.25. The molecular formula is C44H56F3N9O9. The van der Waals surface area contributed by atoms with Crippen molar-refractivity contribution in [1.82, 2.24) is 25.5 Å². The van der Waals surface area contributed by atoms with E-state index in [1.807, 2.05) is 6.92 Å². The summed E-state index contributed by atoms with van der Waals surface area (Å²) in [5.41, 5.74) is 1.37. The van der Waals surface area contributed by atoms with Crippen molar-refractivity contribution in [2.45, 2.75) is 70.4 Å². The maximum absolute atomic E-state index is 13.3. The van der Waals surface area contributed by atoms with Crippen LogP contribution in [-0.2, 0) is 35.1 Å². The van der Waals surface area contributed by atoms with Crippen LogP contribution in [0.2, 0.25) is 0 Å². The minimum Gasteiger partial charge on any atom is -0.405 e. The van der Waals surface area contributed by atoms with Gasteiger partial charge in [0, 0.05) is 43.5 Å². The van der Waals surface area contributed by atoms with Crippen molar-refractivity contribution in [3.63, 3.8) is 0 Å². The third-order valence-corrected chi connectivity index (χ3v) is 10.6. The number of ether oxygens (including phenoxy) is 5. The summed E-state index contributed by atoms with van der Waals surface area (Å²) in [6.07, 6.45) is 1.50. The zero-order chi connectivity index (χ0) is 46.4. The van der Waals surface area contributed by atoms with Crippen LogP contribution in [0.4, 0.5) is 30.6 Å². The molecule has 0 radical (unpaired) electrons. The van der Waals surface area contributed by atoms with E-state index in [9.17, 15) is 37.6 Å². The van der Waals surface area contributed by atoms with Crippen LogP contribution >= 0.6 is 0 Å². The lowest BCUT2D eigenvalue weighted by Crippen LogP contribution is -2.49. The Morgan fingerprint density at radius 1 is 0.892 bits per heavy atom. The van der Waals surface area contributed by atoms with Crippen LogP contribution in [-0.4, -0.2) is 130 Å². The number of hydrogen-bond donors (Lipinski definition) is 5. The Morgan fingerprint density at radius 3 is 2.23 bits per heavy atom. The second-order valence-corrected chi connectivity index (χ2v) is 15.1. The Kier molecular flexibility index (Phi) is 20.1. The summed E-state index contributed by atoms with van der Waals surface area (Å²) in [4.78, 5) is 59.2. The maximum Gasteiger partial charge on any atom is 0.573 e. The fraction of sp³-hybridized carbons (Fsp3) is 0.523. The Hall–Kier alpha value is -5.92. The normalized spacial score (nSPS) is 16.4. The van der Waals surface area contributed by atoms with Crippen LogP contribution in [0.25, 0.3) is 0 Å². The fourth-order valence-corrected chi connectivity index (χ4v) is 7.44. The van der Waals surface area contributed by atoms with E-state index in [0.717, 1.165) is 30.6 Å². The molecule has 5 rings (SSSR count). The molecule has 1 saturated carbocycles. The molecule has 5 N–H and O–H groups in total. The summed E-state index contributed by atoms with van der Waals surface area (Å²) < 4.78 is 65.0. The van der Waals surface area contributed by atoms with Gasteiger partial charge in [-0.05, 0) is 56.2 Å². The summed E-state index contributed by atoms with van der Waals surface area (Å²) in [6.45, 7) is 6.77. The molecule has 2 aliphatic rings. The molecule has 1 fully saturated rings. The average molecular weight is 912 g/mol. The minimum absolute atomic E-state index is 0.0130. The first-order valence-electron chi connectivity index (χ1n) is 21.6. The highest BCUT2D eigenvalue weighted by atomic mass is 19.4. The number of hydrogen-bond acceptors (Lipinski definition) is 16. The number of halogens is 3. The van der Waals surface area contributed by atoms with Gasteiger partial charge in [-0.1, -0.05) is 37.6 Å². The number of rotatable bonds is 29. The fourth-order valence-electron chi connectivity index (χ4n) is 7.44. The smallest absolute Gasteiger partial charge is 0.405 e. The number of fused-ring (bicyclic) bond motifs is 1. The molecule has 65 heavy (non-hydrogen) atoms. The molecule has 1 atom stereocenters. The van der Waals surface area contributed by atoms with Crippen LogP contribution in [0.1, 0.15) is 77.3 Å². The molecule has 0 saturated heterocycles. The first kappa shape index (κ1) is 50.1. The van der Waals surface area contributed by atoms with Crippen LogP contribution < -0.4 is 31.3 Å². The number of imide groups is 2. The predicted octanol–water partition coefficient (Wildman–Crippen LogP) is 4.64. The number of alkyl halides is 3. The molecule has 1 unspecified atom stereocenters. The number of aromatic nitrogens is 2. The Labute approximate surface area is 375 Å². The highest BCUT2D eigenvalue weighted by Gasteiger charge is 2.43. The molecule has 4 amide bonds. The van der Waals surface area contributed by atoms with E-state index in [2.05, 4.69) is 47.4 Å². The Bertz CT molecular complexity index is 2070. The van der Waals surface area contributed by atoms with Crippen molar-refractivity contribution in [2.24, 2.45) is 5.92 Å². The number of benzene rings is 2. The topological polar surface area (TPSA) is 227 Å². The van der Waals surface area contributed by atoms with Crippen molar-refractivity contribution in [3.05, 3.63) is 70.9 Å². The van der Waals surface area contributed by atoms with Gasteiger partial charge in [0.15, 0.2) is 0 Å². The predicted molar refractivity (Wildman–Crippen MR) is 231 cm³/mol. The summed E-state index contributed by atoms with van der Waals surface area (Å²) in [7, 11) is 0. The quantitative estimate of drug-likeness (QED) is 0.0363. The molecule has 1 aromatic heterocycles. The van der Waals surface area contributed by atoms with Crippen molar-refractivity contribution < 1.29 is 56.0 Å². The number of nitriles is 1. The lowest BCUT2D eigenvalue weighted by Gasteiger charge is -2.29. The average Bonchev–Trinajstić information content (AvgIpc) is 3.55. The first-order chi connectivity index (χ1) is 31.5. The van der Waals surface area contributed by atoms with Crippen molar-refractivity contribution >= 4 is 41.6 Å². The van der Waals surface area contributed by atoms with Gasteiger partial charge in [0.05, 0.1) is 70.2 Å². The second-order valence-electron chi connectivity index (χ2n) is 15.1. The molecule has 18 nitrogen and oxygen atoms in total. The van der Waals surface area contributed by atoms with Crippen LogP contribution in [0, 0.1) is 17.2 Å². The van der Waals surface area contributed by atoms with Gasteiger partial charge < -0.3 is 45.0 Å². The van der Waals surface area contributed by atoms with E-state index in [1.54, 1.807) is 18.2 Å². The third kappa shape index (κ3) is 15.6. The molecule has 0 bridgehead atoms. The highest BCUT2D eigenvalue weighted by Crippen LogP contribution is 2.32. The summed E-state index contributed by atoms with van der Waals surface area (Å²) in [5.74, 6) is -1.29. The molecule has 1 aliphatic carbocycles. The van der Waals surface area contributed by atoms with Crippen LogP contribution in [0.3, 0.4) is 0 Å². The van der Waals surface area contributed by atoms with Gasteiger partial charge in [0.2, 0.25) is 18.3 Å². The number of nitrogens with one attached hydrogen (secondary N) is 5. The summed E-state index contributed by atoms with van der Waals surface area (Å²) in [5, 5.41) is 24.5. The van der Waals surface area contributed by atoms with Crippen molar-refractivity contribution in [3.8, 4) is 11.8 Å². The van der Waals surface area contributed by atoms with Gasteiger partial charge in [-0.25, -0.2) is 4.98 Å². The van der Waals surface area contributed by atoms with Gasteiger partial charge in [0.1, 0.15) is 29.2 Å². The van der Waals surface area contributed by atoms with Gasteiger partial charge in [0.25, 0.3) is 11.8 Å². The number of nitrogens with zero attached hydrogens (tertiary/aromatic N) is 4. The number of carbonyl (C=O) groups is 4. The molecule has 0 spiro atoms. The third-order valence-electron chi connectivity index (χ3n) is 10.6. The number of carbonyl (C=O) groups excluding carboxylic acids is 4. The minimum atomic E-state index is -4.82. The van der Waals surface area contributed by atoms with E-state index in [1.165, 1.54) is 30.5 Å². The van der Waals surface area contributed by atoms with Gasteiger partial charge in [-0.15, -0.1) is 13.2 Å². The van der Waals surface area contributed by atoms with E-state index in [4.69, 9.17) is 18.9 Å². The molecule has 2 aromatic carbocycles. The van der Waals surface area contributed by atoms with Crippen molar-refractivity contribution in [2.75, 3.05) is 88.4 Å². The van der Waals surface area contributed by atoms with Crippen LogP contribution in [0.15, 0.2) is 48.7 Å². The summed E-state index contributed by atoms with van der Waals surface area (Å²) >= 11 is 0. The Morgan fingerprint density at radius 2 is 1.57 bits per heavy atom. The van der Waals surface area contributed by atoms with E-state index in [-0.39, 0.29) is 53.3 Å². The molecule has 1 aliphatic heterocycles. The molecule has 3 aromatic rings. The SMILES string of the molecule is CCCC(C(=O)NC=O)N1C(=O)c2cccc(NCCOCCOCCOCCOCCNC3CCC(CNc4nc(NCc5ccccc5OC(F)(F)F)ncc4C#N)CC3)c2C1=O. The zero-order valence-electron chi connectivity index (χ0n) is 36.3. The summed E-state index contributed by atoms with van der Waals surface area (Å²) in [6, 6.07) is 12.0. The first-order valence-corrected chi connectivity index (χ1v) is 21.6. The van der Waals surface area contributed by atoms with E-state index >= 15 is 0 Å². The number of amides is 4. The van der Waals surface area contributed by atoms with E-state index in [0.29, 0.717) is 102 Å². The van der Waals surface area contributed by atoms with E-state index < -0.39 is 30.1 Å². The lowest BCUT2D eigenvalue weighted by atomic mass is 9.86. The van der Waals surface area contributed by atoms with Crippen molar-refractivity contribution in [1.29, 1.82) is 5.26 Å². The largest absolute Gasteiger partial charge is 0.573 e. The van der Waals surface area contributed by atoms with Gasteiger partial charge in [-0.2, -0.15) is 10.2 Å². The molecule has 2 heterocycles. The monoisotopic (exact) mass is 911 g/mol. The maximum atomic E-state index is 13.3. The Balaban J connectivity index is 0.850. The van der Waals surface area contributed by atoms with Gasteiger partial charge in [-0.3, -0.25) is 29.4 Å². The zero-order valence-corrected chi connectivity index (χ0v) is 36.3.